The van der Waals surface area contributed by atoms with Gasteiger partial charge in [-0.05, 0) is 6.26 Å². The molecular formula is C9H16N4OS. The number of carbonyl (C=O) groups excluding carboxylic acids is 1. The topological polar surface area (TPSA) is 64.2 Å². The first-order chi connectivity index (χ1) is 7.07. The minimum Gasteiger partial charge on any atom is -0.383 e. The Hall–Kier alpha value is -1.17. The summed E-state index contributed by atoms with van der Waals surface area (Å²) in [4.78, 5) is 13.5. The molecule has 0 bridgehead atoms. The number of anilines is 1. The van der Waals surface area contributed by atoms with Crippen molar-refractivity contribution in [1.29, 1.82) is 0 Å². The second-order valence-electron chi connectivity index (χ2n) is 3.29. The second-order valence-corrected chi connectivity index (χ2v) is 4.27. The first-order valence-corrected chi connectivity index (χ1v) is 5.99. The number of carbonyl (C=O) groups is 1. The van der Waals surface area contributed by atoms with Gasteiger partial charge in [-0.2, -0.15) is 16.9 Å². The zero-order chi connectivity index (χ0) is 11.4. The first kappa shape index (κ1) is 11.9. The van der Waals surface area contributed by atoms with Gasteiger partial charge in [0.05, 0.1) is 6.20 Å². The monoisotopic (exact) mass is 228 g/mol. The average Bonchev–Trinajstić information content (AvgIpc) is 2.55. The Morgan fingerprint density at radius 3 is 2.87 bits per heavy atom. The van der Waals surface area contributed by atoms with Gasteiger partial charge in [0.2, 0.25) is 0 Å². The van der Waals surface area contributed by atoms with Crippen molar-refractivity contribution in [3.8, 4) is 0 Å². The molecule has 15 heavy (non-hydrogen) atoms. The van der Waals surface area contributed by atoms with Crippen molar-refractivity contribution in [2.45, 2.75) is 0 Å². The van der Waals surface area contributed by atoms with Gasteiger partial charge in [0.15, 0.2) is 0 Å². The van der Waals surface area contributed by atoms with E-state index in [0.29, 0.717) is 17.9 Å². The Morgan fingerprint density at radius 1 is 1.73 bits per heavy atom. The smallest absolute Gasteiger partial charge is 0.258 e. The lowest BCUT2D eigenvalue weighted by Crippen LogP contribution is -2.29. The summed E-state index contributed by atoms with van der Waals surface area (Å²) in [6, 6.07) is 0. The number of aromatic nitrogens is 2. The third kappa shape index (κ3) is 2.65. The number of hydrogen-bond acceptors (Lipinski definition) is 4. The molecular weight excluding hydrogens is 212 g/mol. The molecule has 0 saturated heterocycles. The van der Waals surface area contributed by atoms with Crippen molar-refractivity contribution in [3.63, 3.8) is 0 Å². The number of rotatable bonds is 4. The van der Waals surface area contributed by atoms with E-state index >= 15 is 0 Å². The molecule has 84 valence electrons. The van der Waals surface area contributed by atoms with E-state index in [2.05, 4.69) is 5.10 Å². The van der Waals surface area contributed by atoms with E-state index < -0.39 is 0 Å². The summed E-state index contributed by atoms with van der Waals surface area (Å²) < 4.78 is 1.50. The van der Waals surface area contributed by atoms with Crippen molar-refractivity contribution < 1.29 is 4.79 Å². The molecule has 0 aliphatic carbocycles. The van der Waals surface area contributed by atoms with E-state index in [4.69, 9.17) is 5.73 Å². The maximum atomic E-state index is 11.9. The Bertz CT molecular complexity index is 350. The summed E-state index contributed by atoms with van der Waals surface area (Å²) in [5, 5.41) is 3.94. The van der Waals surface area contributed by atoms with Crippen LogP contribution in [0.4, 0.5) is 5.82 Å². The van der Waals surface area contributed by atoms with Crippen LogP contribution in [0.2, 0.25) is 0 Å². The molecule has 0 aliphatic rings. The fourth-order valence-electron chi connectivity index (χ4n) is 1.15. The van der Waals surface area contributed by atoms with E-state index in [9.17, 15) is 4.79 Å². The van der Waals surface area contributed by atoms with E-state index in [1.807, 2.05) is 6.26 Å². The van der Waals surface area contributed by atoms with Crippen LogP contribution in [0.3, 0.4) is 0 Å². The van der Waals surface area contributed by atoms with Gasteiger partial charge in [-0.25, -0.2) is 0 Å². The van der Waals surface area contributed by atoms with Gasteiger partial charge in [-0.3, -0.25) is 9.48 Å². The van der Waals surface area contributed by atoms with Crippen LogP contribution in [0.5, 0.6) is 0 Å². The van der Waals surface area contributed by atoms with Gasteiger partial charge in [-0.1, -0.05) is 0 Å². The lowest BCUT2D eigenvalue weighted by Gasteiger charge is -2.15. The molecule has 6 heteroatoms. The van der Waals surface area contributed by atoms with Crippen LogP contribution in [0.25, 0.3) is 0 Å². The van der Waals surface area contributed by atoms with Gasteiger partial charge < -0.3 is 10.6 Å². The molecule has 2 N–H and O–H groups in total. The highest BCUT2D eigenvalue weighted by atomic mass is 32.2. The van der Waals surface area contributed by atoms with Crippen LogP contribution in [0.1, 0.15) is 10.4 Å². The number of nitrogens with zero attached hydrogens (tertiary/aromatic N) is 3. The highest BCUT2D eigenvalue weighted by Gasteiger charge is 2.17. The van der Waals surface area contributed by atoms with Crippen LogP contribution in [-0.2, 0) is 7.05 Å². The van der Waals surface area contributed by atoms with E-state index in [0.717, 1.165) is 5.75 Å². The highest BCUT2D eigenvalue weighted by Crippen LogP contribution is 2.11. The third-order valence-corrected chi connectivity index (χ3v) is 2.78. The number of thioether (sulfide) groups is 1. The molecule has 1 aromatic rings. The fourth-order valence-corrected chi connectivity index (χ4v) is 1.60. The lowest BCUT2D eigenvalue weighted by atomic mass is 10.3. The average molecular weight is 228 g/mol. The maximum absolute atomic E-state index is 11.9. The second kappa shape index (κ2) is 5.06. The first-order valence-electron chi connectivity index (χ1n) is 4.59. The number of amides is 1. The van der Waals surface area contributed by atoms with Crippen LogP contribution in [-0.4, -0.2) is 46.2 Å². The molecule has 1 rings (SSSR count). The van der Waals surface area contributed by atoms with E-state index in [-0.39, 0.29) is 5.91 Å². The molecule has 0 aliphatic heterocycles. The minimum atomic E-state index is -0.0744. The van der Waals surface area contributed by atoms with Crippen molar-refractivity contribution in [1.82, 2.24) is 14.7 Å². The molecule has 0 fully saturated rings. The van der Waals surface area contributed by atoms with Gasteiger partial charge in [0.1, 0.15) is 11.4 Å². The molecule has 0 saturated carbocycles. The summed E-state index contributed by atoms with van der Waals surface area (Å²) in [6.45, 7) is 0.717. The van der Waals surface area contributed by atoms with Crippen LogP contribution in [0, 0.1) is 0 Å². The molecule has 0 aromatic carbocycles. The van der Waals surface area contributed by atoms with Crippen LogP contribution >= 0.6 is 11.8 Å². The quantitative estimate of drug-likeness (QED) is 0.812. The predicted octanol–water partition coefficient (Wildman–Crippen LogP) is 0.437. The van der Waals surface area contributed by atoms with Gasteiger partial charge in [0, 0.05) is 26.4 Å². The van der Waals surface area contributed by atoms with Crippen molar-refractivity contribution in [3.05, 3.63) is 11.8 Å². The number of nitrogens with two attached hydrogens (primary N) is 1. The van der Waals surface area contributed by atoms with E-state index in [1.54, 1.807) is 30.8 Å². The molecule has 0 unspecified atom stereocenters. The molecule has 1 heterocycles. The number of hydrogen-bond donors (Lipinski definition) is 1. The zero-order valence-corrected chi connectivity index (χ0v) is 10.0. The maximum Gasteiger partial charge on any atom is 0.258 e. The molecule has 5 nitrogen and oxygen atoms in total. The Kier molecular flexibility index (Phi) is 4.02. The molecule has 1 aromatic heterocycles. The largest absolute Gasteiger partial charge is 0.383 e. The molecule has 0 spiro atoms. The molecule has 0 atom stereocenters. The van der Waals surface area contributed by atoms with E-state index in [1.165, 1.54) is 10.9 Å². The van der Waals surface area contributed by atoms with Crippen LogP contribution in [0.15, 0.2) is 6.20 Å². The zero-order valence-electron chi connectivity index (χ0n) is 9.23. The number of nitrogen functional groups attached to an aromatic ring is 1. The van der Waals surface area contributed by atoms with Crippen molar-refractivity contribution in [2.24, 2.45) is 7.05 Å². The van der Waals surface area contributed by atoms with Gasteiger partial charge in [-0.15, -0.1) is 0 Å². The molecule has 0 radical (unpaired) electrons. The fraction of sp³-hybridized carbons (Fsp3) is 0.556. The Morgan fingerprint density at radius 2 is 2.40 bits per heavy atom. The van der Waals surface area contributed by atoms with Gasteiger partial charge in [0.25, 0.3) is 5.91 Å². The minimum absolute atomic E-state index is 0.0744. The molecule has 1 amide bonds. The predicted molar refractivity (Wildman–Crippen MR) is 63.0 cm³/mol. The normalized spacial score (nSPS) is 10.3. The summed E-state index contributed by atoms with van der Waals surface area (Å²) in [6.07, 6.45) is 3.52. The summed E-state index contributed by atoms with van der Waals surface area (Å²) in [5.74, 6) is 1.26. The summed E-state index contributed by atoms with van der Waals surface area (Å²) in [7, 11) is 3.49. The van der Waals surface area contributed by atoms with Crippen LogP contribution < -0.4 is 5.73 Å². The SMILES string of the molecule is CSCCN(C)C(=O)c1cnn(C)c1N. The van der Waals surface area contributed by atoms with Crippen molar-refractivity contribution >= 4 is 23.5 Å². The Labute approximate surface area is 93.6 Å². The summed E-state index contributed by atoms with van der Waals surface area (Å²) >= 11 is 1.71. The van der Waals surface area contributed by atoms with Gasteiger partial charge >= 0.3 is 0 Å². The highest BCUT2D eigenvalue weighted by molar-refractivity contribution is 7.98. The standard InChI is InChI=1S/C9H16N4OS/c1-12(4-5-15-3)9(14)7-6-11-13(2)8(7)10/h6H,4-5,10H2,1-3H3. The lowest BCUT2D eigenvalue weighted by molar-refractivity contribution is 0.0805. The van der Waals surface area contributed by atoms with Crippen molar-refractivity contribution in [2.75, 3.05) is 31.3 Å². The summed E-state index contributed by atoms with van der Waals surface area (Å²) in [5.41, 5.74) is 6.19. The third-order valence-electron chi connectivity index (χ3n) is 2.19. The number of aryl methyl sites for hydroxylation is 1. The Balaban J connectivity index is 2.72.